The molecule has 0 saturated heterocycles. The molecule has 4 nitrogen and oxygen atoms in total. The molecule has 3 N–H and O–H groups in total. The van der Waals surface area contributed by atoms with Gasteiger partial charge in [0.25, 0.3) is 0 Å². The number of hydrogen-bond acceptors (Lipinski definition) is 3. The van der Waals surface area contributed by atoms with Crippen LogP contribution in [0.4, 0.5) is 0 Å². The zero-order valence-corrected chi connectivity index (χ0v) is 5.73. The molecule has 0 rings (SSSR count). The molecule has 0 aliphatic rings. The molecule has 0 spiro atoms. The van der Waals surface area contributed by atoms with E-state index < -0.39 is 0 Å². The predicted molar refractivity (Wildman–Crippen MR) is 39.1 cm³/mol. The molecule has 0 amide bonds. The number of thiocarbonyl (C=S) groups is 1. The molecule has 0 radical (unpaired) electrons. The quantitative estimate of drug-likeness (QED) is 0.309. The van der Waals surface area contributed by atoms with Crippen molar-refractivity contribution in [2.24, 2.45) is 10.8 Å². The Kier molecular flexibility index (Phi) is 3.54. The van der Waals surface area contributed by atoms with Crippen LogP contribution in [-0.2, 0) is 4.79 Å². The van der Waals surface area contributed by atoms with E-state index in [9.17, 15) is 4.79 Å². The molecule has 9 heavy (non-hydrogen) atoms. The third kappa shape index (κ3) is 7.03. The van der Waals surface area contributed by atoms with Crippen molar-refractivity contribution in [2.45, 2.75) is 6.92 Å². The normalized spacial score (nSPS) is 9.44. The van der Waals surface area contributed by atoms with Crippen molar-refractivity contribution < 1.29 is 4.79 Å². The van der Waals surface area contributed by atoms with E-state index in [2.05, 4.69) is 22.7 Å². The van der Waals surface area contributed by atoms with Crippen LogP contribution in [-0.4, -0.2) is 17.1 Å². The number of nitrogens with zero attached hydrogens (tertiary/aromatic N) is 1. The Morgan fingerprint density at radius 3 is 2.78 bits per heavy atom. The van der Waals surface area contributed by atoms with E-state index in [1.807, 2.05) is 0 Å². The zero-order chi connectivity index (χ0) is 7.28. The van der Waals surface area contributed by atoms with Gasteiger partial charge in [0.15, 0.2) is 10.9 Å². The van der Waals surface area contributed by atoms with Crippen molar-refractivity contribution in [3.63, 3.8) is 0 Å². The number of ketones is 1. The Labute approximate surface area is 58.1 Å². The maximum absolute atomic E-state index is 10.2. The Hall–Kier alpha value is -0.970. The SMILES string of the molecule is CC(=O)/C=N\NC(N)=S. The highest BCUT2D eigenvalue weighted by Crippen LogP contribution is 1.61. The molecule has 0 aliphatic heterocycles. The first-order valence-corrected chi connectivity index (χ1v) is 2.63. The minimum atomic E-state index is -0.154. The topological polar surface area (TPSA) is 67.5 Å². The number of Topliss-reactive ketones (excluding diaryl/α,β-unsaturated/α-hetero) is 1. The van der Waals surface area contributed by atoms with E-state index in [4.69, 9.17) is 5.73 Å². The van der Waals surface area contributed by atoms with Gasteiger partial charge in [0.2, 0.25) is 0 Å². The van der Waals surface area contributed by atoms with Gasteiger partial charge < -0.3 is 5.73 Å². The first-order valence-electron chi connectivity index (χ1n) is 2.22. The van der Waals surface area contributed by atoms with Crippen molar-refractivity contribution in [1.29, 1.82) is 0 Å². The van der Waals surface area contributed by atoms with E-state index >= 15 is 0 Å². The molecular weight excluding hydrogens is 138 g/mol. The van der Waals surface area contributed by atoms with Crippen LogP contribution in [0.5, 0.6) is 0 Å². The molecule has 0 aromatic heterocycles. The van der Waals surface area contributed by atoms with Crippen LogP contribution in [0.3, 0.4) is 0 Å². The fourth-order valence-corrected chi connectivity index (χ4v) is 0.240. The van der Waals surface area contributed by atoms with Crippen molar-refractivity contribution >= 4 is 29.3 Å². The third-order valence-corrected chi connectivity index (χ3v) is 0.512. The number of hydrazone groups is 1. The second-order valence-electron chi connectivity index (χ2n) is 1.34. The molecule has 50 valence electrons. The Balaban J connectivity index is 3.48. The van der Waals surface area contributed by atoms with Crippen LogP contribution in [0.15, 0.2) is 5.10 Å². The summed E-state index contributed by atoms with van der Waals surface area (Å²) in [5.74, 6) is -0.154. The Morgan fingerprint density at radius 2 is 2.44 bits per heavy atom. The molecule has 0 fully saturated rings. The minimum absolute atomic E-state index is 0.0486. The molecule has 0 aliphatic carbocycles. The predicted octanol–water partition coefficient (Wildman–Crippen LogP) is -0.606. The second kappa shape index (κ2) is 3.96. The highest BCUT2D eigenvalue weighted by Gasteiger charge is 1.81. The zero-order valence-electron chi connectivity index (χ0n) is 4.92. The lowest BCUT2D eigenvalue weighted by Crippen LogP contribution is -2.24. The van der Waals surface area contributed by atoms with E-state index in [1.54, 1.807) is 0 Å². The maximum Gasteiger partial charge on any atom is 0.184 e. The summed E-state index contributed by atoms with van der Waals surface area (Å²) >= 11 is 4.39. The molecule has 0 heterocycles. The van der Waals surface area contributed by atoms with E-state index in [0.29, 0.717) is 0 Å². The highest BCUT2D eigenvalue weighted by molar-refractivity contribution is 7.80. The summed E-state index contributed by atoms with van der Waals surface area (Å²) in [4.78, 5) is 10.2. The lowest BCUT2D eigenvalue weighted by molar-refractivity contribution is -0.110. The van der Waals surface area contributed by atoms with Gasteiger partial charge in [0.1, 0.15) is 0 Å². The van der Waals surface area contributed by atoms with Crippen molar-refractivity contribution in [3.05, 3.63) is 0 Å². The maximum atomic E-state index is 10.2. The summed E-state index contributed by atoms with van der Waals surface area (Å²) in [6.45, 7) is 1.38. The van der Waals surface area contributed by atoms with Gasteiger partial charge in [-0.25, -0.2) is 0 Å². The van der Waals surface area contributed by atoms with Gasteiger partial charge in [0.05, 0.1) is 6.21 Å². The van der Waals surface area contributed by atoms with Crippen molar-refractivity contribution in [1.82, 2.24) is 5.43 Å². The summed E-state index contributed by atoms with van der Waals surface area (Å²) in [6, 6.07) is 0. The molecule has 0 saturated carbocycles. The second-order valence-corrected chi connectivity index (χ2v) is 1.78. The monoisotopic (exact) mass is 145 g/mol. The number of nitrogens with two attached hydrogens (primary N) is 1. The summed E-state index contributed by atoms with van der Waals surface area (Å²) in [5, 5.41) is 3.43. The smallest absolute Gasteiger partial charge is 0.184 e. The summed E-state index contributed by atoms with van der Waals surface area (Å²) in [6.07, 6.45) is 1.10. The largest absolute Gasteiger partial charge is 0.375 e. The fraction of sp³-hybridized carbons (Fsp3) is 0.250. The summed E-state index contributed by atoms with van der Waals surface area (Å²) in [5.41, 5.74) is 7.21. The average molecular weight is 145 g/mol. The summed E-state index contributed by atoms with van der Waals surface area (Å²) in [7, 11) is 0. The fourth-order valence-electron chi connectivity index (χ4n) is 0.187. The first kappa shape index (κ1) is 8.03. The standard InChI is InChI=1S/C4H7N3OS/c1-3(8)2-6-7-4(5)9/h2H,1H3,(H3,5,7,9)/b6-2-. The number of hydrogen-bond donors (Lipinski definition) is 2. The third-order valence-electron chi connectivity index (χ3n) is 0.421. The van der Waals surface area contributed by atoms with Crippen LogP contribution in [0.2, 0.25) is 0 Å². The minimum Gasteiger partial charge on any atom is -0.375 e. The van der Waals surface area contributed by atoms with Crippen LogP contribution < -0.4 is 11.2 Å². The van der Waals surface area contributed by atoms with Crippen LogP contribution in [0, 0.1) is 0 Å². The van der Waals surface area contributed by atoms with Crippen LogP contribution in [0.25, 0.3) is 0 Å². The van der Waals surface area contributed by atoms with Crippen LogP contribution in [0.1, 0.15) is 6.92 Å². The van der Waals surface area contributed by atoms with Crippen molar-refractivity contribution in [3.8, 4) is 0 Å². The number of carbonyl (C=O) groups is 1. The molecule has 0 aromatic carbocycles. The molecular formula is C4H7N3OS. The van der Waals surface area contributed by atoms with Gasteiger partial charge in [-0.05, 0) is 12.2 Å². The van der Waals surface area contributed by atoms with Gasteiger partial charge in [-0.2, -0.15) is 5.10 Å². The average Bonchev–Trinajstić information content (AvgIpc) is 1.63. The lowest BCUT2D eigenvalue weighted by Gasteiger charge is -1.89. The van der Waals surface area contributed by atoms with E-state index in [0.717, 1.165) is 6.21 Å². The van der Waals surface area contributed by atoms with Crippen LogP contribution >= 0.6 is 12.2 Å². The Bertz CT molecular complexity index is 154. The van der Waals surface area contributed by atoms with Crippen molar-refractivity contribution in [2.75, 3.05) is 0 Å². The Morgan fingerprint density at radius 1 is 1.89 bits per heavy atom. The highest BCUT2D eigenvalue weighted by atomic mass is 32.1. The number of carbonyl (C=O) groups excluding carboxylic acids is 1. The lowest BCUT2D eigenvalue weighted by atomic mass is 10.5. The molecule has 0 unspecified atom stereocenters. The van der Waals surface area contributed by atoms with Gasteiger partial charge in [-0.15, -0.1) is 0 Å². The number of nitrogens with one attached hydrogen (secondary N) is 1. The first-order chi connectivity index (χ1) is 4.13. The van der Waals surface area contributed by atoms with E-state index in [1.165, 1.54) is 6.92 Å². The van der Waals surface area contributed by atoms with Gasteiger partial charge in [0, 0.05) is 6.92 Å². The molecule has 0 bridgehead atoms. The van der Waals surface area contributed by atoms with Gasteiger partial charge in [-0.3, -0.25) is 10.2 Å². The molecule has 0 atom stereocenters. The van der Waals surface area contributed by atoms with Gasteiger partial charge in [-0.1, -0.05) is 0 Å². The summed E-state index contributed by atoms with van der Waals surface area (Å²) < 4.78 is 0. The van der Waals surface area contributed by atoms with E-state index in [-0.39, 0.29) is 10.9 Å². The number of rotatable bonds is 2. The molecule has 0 aromatic rings. The van der Waals surface area contributed by atoms with Gasteiger partial charge >= 0.3 is 0 Å². The molecule has 5 heteroatoms.